The van der Waals surface area contributed by atoms with Gasteiger partial charge in [-0.25, -0.2) is 4.39 Å². The van der Waals surface area contributed by atoms with Crippen molar-refractivity contribution in [1.82, 2.24) is 0 Å². The first-order chi connectivity index (χ1) is 13.3. The van der Waals surface area contributed by atoms with Crippen LogP contribution in [0.3, 0.4) is 0 Å². The molecule has 2 aromatic rings. The Morgan fingerprint density at radius 3 is 2.32 bits per heavy atom. The molecule has 0 atom stereocenters. The van der Waals surface area contributed by atoms with E-state index in [9.17, 15) is 4.39 Å². The lowest BCUT2D eigenvalue weighted by atomic mass is 9.94. The van der Waals surface area contributed by atoms with Gasteiger partial charge >= 0.3 is 0 Å². The van der Waals surface area contributed by atoms with Crippen LogP contribution < -0.4 is 4.78 Å². The molecule has 0 fully saturated rings. The van der Waals surface area contributed by atoms with E-state index in [4.69, 9.17) is 15.7 Å². The minimum absolute atomic E-state index is 0.263. The molecule has 0 bridgehead atoms. The number of hydrogen-bond acceptors (Lipinski definition) is 1. The average Bonchev–Trinajstić information content (AvgIpc) is 3.12. The fraction of sp³-hybridized carbons (Fsp3) is 0.0833. The third kappa shape index (κ3) is 5.71. The van der Waals surface area contributed by atoms with Crippen molar-refractivity contribution in [2.45, 2.75) is 13.8 Å². The molecular formula is C24H21B2FS. The largest absolute Gasteiger partial charge is 0.206 e. The van der Waals surface area contributed by atoms with E-state index < -0.39 is 0 Å². The summed E-state index contributed by atoms with van der Waals surface area (Å²) in [5.41, 5.74) is 4.72. The van der Waals surface area contributed by atoms with Gasteiger partial charge in [-0.2, -0.15) is 11.3 Å². The highest BCUT2D eigenvalue weighted by atomic mass is 32.1. The quantitative estimate of drug-likeness (QED) is 0.404. The summed E-state index contributed by atoms with van der Waals surface area (Å²) in [6.07, 6.45) is 10.8. The van der Waals surface area contributed by atoms with E-state index in [1.807, 2.05) is 50.3 Å². The molecule has 1 heterocycles. The van der Waals surface area contributed by atoms with Crippen LogP contribution in [0.1, 0.15) is 19.4 Å². The zero-order chi connectivity index (χ0) is 20.7. The molecule has 0 amide bonds. The highest BCUT2D eigenvalue weighted by molar-refractivity contribution is 7.23. The molecule has 0 unspecified atom stereocenters. The standard InChI is InChI=1S/C24H21B2FS/c1-5-18(16(3)8-11-20(25)6-2)9-7-17(4)21-12-10-19(15-22(21)27)23-13-14-24(26)28-23/h5-15H,1-2H2,3-4H3/b16-8+,17-7+,18-9+,20-11+. The molecule has 28 heavy (non-hydrogen) atoms. The summed E-state index contributed by atoms with van der Waals surface area (Å²) in [7, 11) is 11.5. The van der Waals surface area contributed by atoms with Crippen LogP contribution in [0.2, 0.25) is 0 Å². The smallest absolute Gasteiger partial charge is 0.131 e. The van der Waals surface area contributed by atoms with E-state index in [2.05, 4.69) is 13.2 Å². The van der Waals surface area contributed by atoms with Gasteiger partial charge in [-0.3, -0.25) is 0 Å². The zero-order valence-electron chi connectivity index (χ0n) is 16.2. The minimum Gasteiger partial charge on any atom is -0.206 e. The van der Waals surface area contributed by atoms with E-state index in [0.29, 0.717) is 15.8 Å². The van der Waals surface area contributed by atoms with Gasteiger partial charge in [0.1, 0.15) is 21.5 Å². The Kier molecular flexibility index (Phi) is 7.83. The fourth-order valence-corrected chi connectivity index (χ4v) is 3.32. The molecule has 136 valence electrons. The van der Waals surface area contributed by atoms with Gasteiger partial charge < -0.3 is 0 Å². The minimum atomic E-state index is -0.263. The van der Waals surface area contributed by atoms with Gasteiger partial charge in [0, 0.05) is 10.4 Å². The van der Waals surface area contributed by atoms with Crippen molar-refractivity contribution in [3.8, 4) is 10.4 Å². The topological polar surface area (TPSA) is 0 Å². The van der Waals surface area contributed by atoms with Crippen molar-refractivity contribution in [2.24, 2.45) is 0 Å². The summed E-state index contributed by atoms with van der Waals surface area (Å²) in [5, 5.41) is 0. The predicted octanol–water partition coefficient (Wildman–Crippen LogP) is 6.05. The lowest BCUT2D eigenvalue weighted by Crippen LogP contribution is -1.89. The van der Waals surface area contributed by atoms with E-state index in [0.717, 1.165) is 27.2 Å². The summed E-state index contributed by atoms with van der Waals surface area (Å²) >= 11 is 1.44. The highest BCUT2D eigenvalue weighted by Crippen LogP contribution is 2.28. The van der Waals surface area contributed by atoms with Crippen LogP contribution in [0.4, 0.5) is 4.39 Å². The Bertz CT molecular complexity index is 1000. The Balaban J connectivity index is 2.29. The van der Waals surface area contributed by atoms with Crippen molar-refractivity contribution < 1.29 is 4.39 Å². The molecule has 0 aliphatic carbocycles. The summed E-state index contributed by atoms with van der Waals surface area (Å²) in [6.45, 7) is 11.3. The van der Waals surface area contributed by atoms with E-state index in [1.54, 1.807) is 30.4 Å². The highest BCUT2D eigenvalue weighted by Gasteiger charge is 2.08. The number of benzene rings is 1. The molecule has 0 nitrogen and oxygen atoms in total. The van der Waals surface area contributed by atoms with Crippen molar-refractivity contribution in [3.63, 3.8) is 0 Å². The fourth-order valence-electron chi connectivity index (χ4n) is 2.55. The maximum atomic E-state index is 14.7. The second-order valence-corrected chi connectivity index (χ2v) is 7.41. The Labute approximate surface area is 174 Å². The molecule has 0 aliphatic heterocycles. The van der Waals surface area contributed by atoms with Gasteiger partial charge in [0.25, 0.3) is 0 Å². The summed E-state index contributed by atoms with van der Waals surface area (Å²) in [5.74, 6) is -0.263. The van der Waals surface area contributed by atoms with Crippen LogP contribution in [0.15, 0.2) is 96.6 Å². The molecule has 4 heteroatoms. The van der Waals surface area contributed by atoms with Gasteiger partial charge in [0.2, 0.25) is 0 Å². The molecule has 0 saturated heterocycles. The Hall–Kier alpha value is -2.58. The number of rotatable bonds is 7. The molecule has 0 N–H and O–H groups in total. The molecule has 4 radical (unpaired) electrons. The second kappa shape index (κ2) is 10.1. The molecule has 1 aromatic heterocycles. The van der Waals surface area contributed by atoms with Crippen molar-refractivity contribution in [2.75, 3.05) is 0 Å². The first kappa shape index (κ1) is 21.7. The van der Waals surface area contributed by atoms with Gasteiger partial charge in [0.05, 0.1) is 0 Å². The number of halogens is 1. The Morgan fingerprint density at radius 2 is 1.75 bits per heavy atom. The zero-order valence-corrected chi connectivity index (χ0v) is 17.0. The molecular weight excluding hydrogens is 361 g/mol. The molecule has 0 spiro atoms. The number of allylic oxidation sites excluding steroid dienone is 10. The Morgan fingerprint density at radius 1 is 1.00 bits per heavy atom. The van der Waals surface area contributed by atoms with Crippen molar-refractivity contribution in [3.05, 3.63) is 108 Å². The average molecular weight is 382 g/mol. The van der Waals surface area contributed by atoms with Crippen LogP contribution in [-0.4, -0.2) is 15.7 Å². The van der Waals surface area contributed by atoms with Crippen LogP contribution in [0.5, 0.6) is 0 Å². The normalized spacial score (nSPS) is 13.5. The third-order valence-electron chi connectivity index (χ3n) is 4.25. The predicted molar refractivity (Wildman–Crippen MR) is 125 cm³/mol. The lowest BCUT2D eigenvalue weighted by Gasteiger charge is -2.06. The van der Waals surface area contributed by atoms with Crippen molar-refractivity contribution >= 4 is 37.4 Å². The van der Waals surface area contributed by atoms with Crippen LogP contribution in [0.25, 0.3) is 16.0 Å². The second-order valence-electron chi connectivity index (χ2n) is 6.29. The van der Waals surface area contributed by atoms with Crippen LogP contribution in [-0.2, 0) is 0 Å². The van der Waals surface area contributed by atoms with E-state index in [1.165, 1.54) is 11.3 Å². The monoisotopic (exact) mass is 382 g/mol. The van der Waals surface area contributed by atoms with Crippen LogP contribution in [0, 0.1) is 5.82 Å². The van der Waals surface area contributed by atoms with E-state index >= 15 is 0 Å². The SMILES string of the molecule is [B]/C(C=C)=C/C=C(C)/C(C=C)=C/C=C(\C)c1ccc(-c2ccc([B])s2)cc1F. The summed E-state index contributed by atoms with van der Waals surface area (Å²) in [4.78, 5) is 0.950. The molecule has 0 saturated carbocycles. The maximum Gasteiger partial charge on any atom is 0.131 e. The van der Waals surface area contributed by atoms with Gasteiger partial charge in [-0.15, -0.1) is 0 Å². The number of thiophene rings is 1. The van der Waals surface area contributed by atoms with Gasteiger partial charge in [0.15, 0.2) is 0 Å². The molecule has 2 rings (SSSR count). The van der Waals surface area contributed by atoms with E-state index in [-0.39, 0.29) is 5.82 Å². The van der Waals surface area contributed by atoms with Crippen LogP contribution >= 0.6 is 11.3 Å². The first-order valence-electron chi connectivity index (χ1n) is 8.79. The molecule has 1 aromatic carbocycles. The van der Waals surface area contributed by atoms with Crippen molar-refractivity contribution in [1.29, 1.82) is 0 Å². The number of hydrogen-bond donors (Lipinski definition) is 0. The first-order valence-corrected chi connectivity index (χ1v) is 9.61. The van der Waals surface area contributed by atoms with Gasteiger partial charge in [-0.1, -0.05) is 73.3 Å². The van der Waals surface area contributed by atoms with Gasteiger partial charge in [-0.05, 0) is 53.0 Å². The maximum absolute atomic E-state index is 14.7. The molecule has 0 aliphatic rings. The lowest BCUT2D eigenvalue weighted by molar-refractivity contribution is 0.624. The third-order valence-corrected chi connectivity index (χ3v) is 5.22. The summed E-state index contributed by atoms with van der Waals surface area (Å²) in [6, 6.07) is 8.98. The summed E-state index contributed by atoms with van der Waals surface area (Å²) < 4.78 is 15.4.